The molecular weight excluding hydrogens is 1100 g/mol. The Morgan fingerprint density at radius 3 is 2.11 bits per heavy atom. The third-order valence-electron chi connectivity index (χ3n) is 17.7. The van der Waals surface area contributed by atoms with E-state index in [0.717, 1.165) is 83.4 Å². The quantitative estimate of drug-likeness (QED) is 0.0377. The number of rotatable bonds is 23. The number of phenols is 1. The molecule has 1 spiro atoms. The number of aliphatic hydroxyl groups is 1. The number of benzene rings is 4. The molecule has 2 bridgehead atoms. The Hall–Kier alpha value is -7.23. The summed E-state index contributed by atoms with van der Waals surface area (Å²) in [6, 6.07) is 21.2. The number of H-pyrrole nitrogens is 1. The van der Waals surface area contributed by atoms with Gasteiger partial charge in [-0.05, 0) is 142 Å². The van der Waals surface area contributed by atoms with Gasteiger partial charge in [-0.15, -0.1) is 0 Å². The van der Waals surface area contributed by atoms with E-state index in [9.17, 15) is 43.8 Å². The number of nitrogens with one attached hydrogen (secondary N) is 7. The standard InChI is InChI=1S/C61H70Cl2N10O10/c1-71(55(81)24-36-13-17-43(62)44(63)23-36)46(34-72-20-4-5-21-72)37-7-6-8-39(25-37)68-53(79)31-66-51(77)29-64-49(75)9-2-3-10-50(76)65-30-52(78)67-32-54(80)69-40-15-16-41-42-28-61(82)48-26-38-14-18-47(74)58-56(38)60(61,19-22-73(48)33-35-11-12-35)59(83-58)57(42)70-45(41)27-40/h6-8,13-18,23,25,27,35,46,48,59,70,74,82H,2-5,9-12,19-22,24,26,28-34H2,1H3,(H,64,75)(H,65,76)(H,66,77)(H,67,78)(H,68,79)(H,69,80)/t46-,48-,59+,60+,61-/m1/s1. The Balaban J connectivity index is 0.575. The molecule has 4 aromatic carbocycles. The predicted molar refractivity (Wildman–Crippen MR) is 312 cm³/mol. The molecule has 22 heteroatoms. The monoisotopic (exact) mass is 1170 g/mol. The number of carbonyl (C=O) groups excluding carboxylic acids is 7. The highest BCUT2D eigenvalue weighted by atomic mass is 35.5. The highest BCUT2D eigenvalue weighted by Gasteiger charge is 2.73. The number of anilines is 2. The number of hydrogen-bond donors (Lipinski definition) is 9. The van der Waals surface area contributed by atoms with Crippen LogP contribution in [0.2, 0.25) is 10.0 Å². The molecular formula is C61H70Cl2N10O10. The fourth-order valence-electron chi connectivity index (χ4n) is 13.3. The average molecular weight is 1170 g/mol. The van der Waals surface area contributed by atoms with Gasteiger partial charge in [-0.2, -0.15) is 0 Å². The van der Waals surface area contributed by atoms with Gasteiger partial charge < -0.3 is 61.6 Å². The zero-order valence-electron chi connectivity index (χ0n) is 46.3. The number of carbonyl (C=O) groups is 7. The molecule has 3 aliphatic carbocycles. The summed E-state index contributed by atoms with van der Waals surface area (Å²) in [6.45, 7) is 2.87. The molecule has 9 N–H and O–H groups in total. The fraction of sp³-hybridized carbons (Fsp3) is 0.459. The predicted octanol–water partition coefficient (Wildman–Crippen LogP) is 5.32. The van der Waals surface area contributed by atoms with Gasteiger partial charge in [-0.25, -0.2) is 0 Å². The van der Waals surface area contributed by atoms with Crippen LogP contribution in [0.25, 0.3) is 10.9 Å². The van der Waals surface area contributed by atoms with Gasteiger partial charge in [0.25, 0.3) is 0 Å². The smallest absolute Gasteiger partial charge is 0.243 e. The third-order valence-corrected chi connectivity index (χ3v) is 18.4. The molecule has 438 valence electrons. The summed E-state index contributed by atoms with van der Waals surface area (Å²) in [5.74, 6) is -1.83. The van der Waals surface area contributed by atoms with Gasteiger partial charge >= 0.3 is 0 Å². The number of fused-ring (bicyclic) bond motifs is 4. The zero-order valence-corrected chi connectivity index (χ0v) is 47.9. The second kappa shape index (κ2) is 24.2. The summed E-state index contributed by atoms with van der Waals surface area (Å²) in [7, 11) is 1.77. The lowest BCUT2D eigenvalue weighted by Crippen LogP contribution is -2.74. The van der Waals surface area contributed by atoms with Crippen LogP contribution in [0.15, 0.2) is 72.8 Å². The van der Waals surface area contributed by atoms with Crippen LogP contribution in [0.1, 0.15) is 103 Å². The summed E-state index contributed by atoms with van der Waals surface area (Å²) < 4.78 is 6.71. The number of aromatic amines is 1. The molecule has 11 rings (SSSR count). The summed E-state index contributed by atoms with van der Waals surface area (Å²) in [4.78, 5) is 99.9. The van der Waals surface area contributed by atoms with Crippen molar-refractivity contribution in [2.75, 3.05) is 76.6 Å². The van der Waals surface area contributed by atoms with Crippen molar-refractivity contribution < 1.29 is 48.5 Å². The molecule has 3 fully saturated rings. The highest BCUT2D eigenvalue weighted by molar-refractivity contribution is 6.42. The molecule has 1 aromatic heterocycles. The third kappa shape index (κ3) is 12.1. The van der Waals surface area contributed by atoms with Crippen LogP contribution in [0, 0.1) is 5.92 Å². The van der Waals surface area contributed by atoms with E-state index < -0.39 is 52.6 Å². The number of piperidine rings is 1. The largest absolute Gasteiger partial charge is 0.504 e. The Kier molecular flexibility index (Phi) is 16.8. The summed E-state index contributed by atoms with van der Waals surface area (Å²) in [6.07, 6.45) is 6.74. The van der Waals surface area contributed by atoms with Crippen LogP contribution in [0.5, 0.6) is 11.5 Å². The number of ether oxygens (including phenoxy) is 1. The van der Waals surface area contributed by atoms with Crippen molar-refractivity contribution in [1.29, 1.82) is 0 Å². The molecule has 7 amide bonds. The van der Waals surface area contributed by atoms with E-state index in [2.05, 4.69) is 46.7 Å². The Morgan fingerprint density at radius 1 is 0.771 bits per heavy atom. The van der Waals surface area contributed by atoms with Crippen molar-refractivity contribution in [1.82, 2.24) is 41.0 Å². The first-order valence-corrected chi connectivity index (χ1v) is 29.5. The number of nitrogens with zero attached hydrogens (tertiary/aromatic N) is 3. The van der Waals surface area contributed by atoms with Crippen molar-refractivity contribution in [3.8, 4) is 11.5 Å². The summed E-state index contributed by atoms with van der Waals surface area (Å²) >= 11 is 12.3. The molecule has 1 saturated carbocycles. The van der Waals surface area contributed by atoms with Gasteiger partial charge in [0.15, 0.2) is 17.6 Å². The Labute approximate surface area is 490 Å². The second-order valence-corrected chi connectivity index (χ2v) is 24.0. The number of aromatic hydroxyl groups is 1. The van der Waals surface area contributed by atoms with E-state index in [4.69, 9.17) is 27.9 Å². The maximum atomic E-state index is 13.6. The van der Waals surface area contributed by atoms with Crippen LogP contribution in [-0.2, 0) is 58.2 Å². The molecule has 2 saturated heterocycles. The van der Waals surface area contributed by atoms with Gasteiger partial charge in [0.1, 0.15) is 0 Å². The first kappa shape index (κ1) is 57.6. The van der Waals surface area contributed by atoms with Crippen molar-refractivity contribution >= 4 is 86.8 Å². The van der Waals surface area contributed by atoms with Crippen LogP contribution in [-0.4, -0.2) is 149 Å². The normalized spacial score (nSPS) is 21.4. The fourth-order valence-corrected chi connectivity index (χ4v) is 13.6. The number of likely N-dealkylation sites (N-methyl/N-ethyl adjacent to an activating group) is 1. The number of likely N-dealkylation sites (tertiary alicyclic amines) is 2. The number of unbranched alkanes of at least 4 members (excludes halogenated alkanes) is 1. The van der Waals surface area contributed by atoms with Crippen LogP contribution < -0.4 is 36.6 Å². The lowest BCUT2D eigenvalue weighted by atomic mass is 9.49. The van der Waals surface area contributed by atoms with Gasteiger partial charge in [-0.3, -0.25) is 38.5 Å². The zero-order chi connectivity index (χ0) is 58.2. The molecule has 5 atom stereocenters. The number of hydrogen-bond acceptors (Lipinski definition) is 12. The molecule has 5 aromatic rings. The highest BCUT2D eigenvalue weighted by Crippen LogP contribution is 2.69. The lowest BCUT2D eigenvalue weighted by molar-refractivity contribution is -0.173. The number of halogens is 2. The summed E-state index contributed by atoms with van der Waals surface area (Å²) in [5, 5.41) is 41.6. The van der Waals surface area contributed by atoms with E-state index in [1.165, 1.54) is 12.8 Å². The van der Waals surface area contributed by atoms with Crippen LogP contribution in [0.4, 0.5) is 11.4 Å². The summed E-state index contributed by atoms with van der Waals surface area (Å²) in [5.41, 5.74) is 5.34. The average Bonchev–Trinajstić information content (AvgIpc) is 1.59. The SMILES string of the molecule is CN(C(=O)Cc1ccc(Cl)c(Cl)c1)[C@H](CN1CCCC1)c1cccc(NC(=O)CNC(=O)CNC(=O)CCCCC(=O)NCC(=O)NCC(=O)Nc2ccc3c4c([nH]c3c2)[C@@H]2Oc3c(O)ccc5c3[C@@]23CCN(CC2CC2)[C@H](C5)[C@]3(O)C4)c1. The molecule has 83 heavy (non-hydrogen) atoms. The molecule has 0 unspecified atom stereocenters. The van der Waals surface area contributed by atoms with Crippen molar-refractivity contribution in [2.24, 2.45) is 5.92 Å². The van der Waals surface area contributed by atoms with E-state index in [0.29, 0.717) is 71.7 Å². The van der Waals surface area contributed by atoms with Crippen molar-refractivity contribution in [3.05, 3.63) is 116 Å². The van der Waals surface area contributed by atoms with Crippen LogP contribution >= 0.6 is 23.2 Å². The van der Waals surface area contributed by atoms with Crippen molar-refractivity contribution in [3.63, 3.8) is 0 Å². The van der Waals surface area contributed by atoms with Crippen LogP contribution in [0.3, 0.4) is 0 Å². The minimum Gasteiger partial charge on any atom is -0.504 e. The maximum Gasteiger partial charge on any atom is 0.243 e. The number of aromatic nitrogens is 1. The first-order chi connectivity index (χ1) is 40.0. The molecule has 20 nitrogen and oxygen atoms in total. The van der Waals surface area contributed by atoms with E-state index in [1.807, 2.05) is 30.3 Å². The number of amides is 7. The Morgan fingerprint density at radius 2 is 1.43 bits per heavy atom. The first-order valence-electron chi connectivity index (χ1n) is 28.8. The number of phenolic OH excluding ortho intramolecular Hbond substituents is 1. The van der Waals surface area contributed by atoms with E-state index >= 15 is 0 Å². The minimum atomic E-state index is -1.13. The maximum absolute atomic E-state index is 13.6. The molecule has 4 heterocycles. The minimum absolute atomic E-state index is 0.0423. The topological polar surface area (TPSA) is 267 Å². The Bertz CT molecular complexity index is 3380. The van der Waals surface area contributed by atoms with Gasteiger partial charge in [-0.1, -0.05) is 53.5 Å². The lowest BCUT2D eigenvalue weighted by Gasteiger charge is -2.62. The van der Waals surface area contributed by atoms with E-state index in [1.54, 1.807) is 54.4 Å². The molecule has 6 aliphatic rings. The molecule has 3 aliphatic heterocycles. The van der Waals surface area contributed by atoms with Gasteiger partial charge in [0.2, 0.25) is 41.4 Å². The van der Waals surface area contributed by atoms with Gasteiger partial charge in [0.05, 0.1) is 65.4 Å². The van der Waals surface area contributed by atoms with Gasteiger partial charge in [0, 0.05) is 73.3 Å². The van der Waals surface area contributed by atoms with E-state index in [-0.39, 0.29) is 69.2 Å². The second-order valence-electron chi connectivity index (χ2n) is 23.2. The van der Waals surface area contributed by atoms with Crippen molar-refractivity contribution in [2.45, 2.75) is 106 Å². The molecule has 0 radical (unpaired) electrons.